The maximum atomic E-state index is 12.4. The molecule has 0 saturated carbocycles. The predicted octanol–water partition coefficient (Wildman–Crippen LogP) is 4.43. The van der Waals surface area contributed by atoms with Gasteiger partial charge in [0.15, 0.2) is 0 Å². The molecule has 0 bridgehead atoms. The second-order valence-corrected chi connectivity index (χ2v) is 10.1. The second kappa shape index (κ2) is 10.2. The van der Waals surface area contributed by atoms with Crippen LogP contribution in [0.15, 0.2) is 70.3 Å². The van der Waals surface area contributed by atoms with Crippen LogP contribution in [0, 0.1) is 6.92 Å². The molecular formula is C23H28N2O3S2. The summed E-state index contributed by atoms with van der Waals surface area (Å²) >= 11 is 1.71. The lowest BCUT2D eigenvalue weighted by Gasteiger charge is -2.18. The number of nitrogens with one attached hydrogen (secondary N) is 1. The normalized spacial score (nSPS) is 12.8. The Morgan fingerprint density at radius 1 is 1.07 bits per heavy atom. The summed E-state index contributed by atoms with van der Waals surface area (Å²) in [5.41, 5.74) is 3.48. The number of benzene rings is 2. The molecule has 1 N–H and O–H groups in total. The molecule has 0 aliphatic carbocycles. The van der Waals surface area contributed by atoms with Crippen molar-refractivity contribution < 1.29 is 13.2 Å². The number of hydrogen-bond acceptors (Lipinski definition) is 5. The molecule has 2 aromatic carbocycles. The minimum Gasteiger partial charge on any atom is -0.489 e. The molecule has 5 nitrogen and oxygen atoms in total. The molecule has 30 heavy (non-hydrogen) atoms. The minimum atomic E-state index is -3.55. The molecular weight excluding hydrogens is 416 g/mol. The van der Waals surface area contributed by atoms with E-state index in [9.17, 15) is 8.42 Å². The molecule has 0 spiro atoms. The number of rotatable bonds is 10. The van der Waals surface area contributed by atoms with E-state index in [2.05, 4.69) is 39.6 Å². The first kappa shape index (κ1) is 22.5. The van der Waals surface area contributed by atoms with Gasteiger partial charge in [-0.2, -0.15) is 11.3 Å². The highest BCUT2D eigenvalue weighted by Crippen LogP contribution is 2.18. The van der Waals surface area contributed by atoms with Crippen molar-refractivity contribution in [2.24, 2.45) is 0 Å². The number of nitrogens with zero attached hydrogens (tertiary/aromatic N) is 1. The first-order chi connectivity index (χ1) is 14.3. The lowest BCUT2D eigenvalue weighted by molar-refractivity contribution is 0.224. The van der Waals surface area contributed by atoms with E-state index >= 15 is 0 Å². The fourth-order valence-electron chi connectivity index (χ4n) is 3.08. The Balaban J connectivity index is 1.53. The summed E-state index contributed by atoms with van der Waals surface area (Å²) in [6.45, 7) is 5.67. The smallest absolute Gasteiger partial charge is 0.240 e. The maximum absolute atomic E-state index is 12.4. The lowest BCUT2D eigenvalue weighted by atomic mass is 10.2. The van der Waals surface area contributed by atoms with Gasteiger partial charge in [0.25, 0.3) is 0 Å². The molecule has 0 amide bonds. The Labute approximate surface area is 183 Å². The van der Waals surface area contributed by atoms with Crippen molar-refractivity contribution in [1.82, 2.24) is 9.62 Å². The third kappa shape index (κ3) is 6.67. The molecule has 0 fully saturated rings. The number of aryl methyl sites for hydroxylation is 1. The van der Waals surface area contributed by atoms with E-state index in [1.807, 2.05) is 32.0 Å². The van der Waals surface area contributed by atoms with E-state index in [1.165, 1.54) is 5.56 Å². The van der Waals surface area contributed by atoms with E-state index in [0.717, 1.165) is 30.0 Å². The van der Waals surface area contributed by atoms with Gasteiger partial charge in [-0.1, -0.05) is 29.8 Å². The van der Waals surface area contributed by atoms with Crippen LogP contribution in [0.2, 0.25) is 0 Å². The quantitative estimate of drug-likeness (QED) is 0.502. The van der Waals surface area contributed by atoms with Gasteiger partial charge in [-0.05, 0) is 73.1 Å². The zero-order chi connectivity index (χ0) is 21.6. The van der Waals surface area contributed by atoms with Crippen LogP contribution in [-0.4, -0.2) is 33.0 Å². The monoisotopic (exact) mass is 444 g/mol. The van der Waals surface area contributed by atoms with Crippen molar-refractivity contribution in [3.05, 3.63) is 82.0 Å². The number of ether oxygens (including phenoxy) is 1. The zero-order valence-corrected chi connectivity index (χ0v) is 19.2. The summed E-state index contributed by atoms with van der Waals surface area (Å²) < 4.78 is 33.4. The molecule has 3 aromatic rings. The Morgan fingerprint density at radius 2 is 1.80 bits per heavy atom. The Morgan fingerprint density at radius 3 is 2.50 bits per heavy atom. The predicted molar refractivity (Wildman–Crippen MR) is 122 cm³/mol. The summed E-state index contributed by atoms with van der Waals surface area (Å²) in [6.07, 6.45) is -0.302. The molecule has 160 valence electrons. The molecule has 0 aliphatic rings. The van der Waals surface area contributed by atoms with Crippen LogP contribution in [0.5, 0.6) is 5.75 Å². The Hall–Kier alpha value is -2.19. The van der Waals surface area contributed by atoms with Gasteiger partial charge in [-0.3, -0.25) is 4.90 Å². The molecule has 0 unspecified atom stereocenters. The van der Waals surface area contributed by atoms with Gasteiger partial charge in [0, 0.05) is 19.6 Å². The molecule has 7 heteroatoms. The summed E-state index contributed by atoms with van der Waals surface area (Å²) in [4.78, 5) is 2.51. The van der Waals surface area contributed by atoms with Crippen molar-refractivity contribution in [3.8, 4) is 5.75 Å². The van der Waals surface area contributed by atoms with Crippen LogP contribution in [0.1, 0.15) is 23.6 Å². The van der Waals surface area contributed by atoms with Gasteiger partial charge < -0.3 is 4.74 Å². The number of hydrogen-bond donors (Lipinski definition) is 1. The number of sulfonamides is 1. The van der Waals surface area contributed by atoms with Crippen LogP contribution in [0.4, 0.5) is 0 Å². The van der Waals surface area contributed by atoms with Crippen molar-refractivity contribution in [3.63, 3.8) is 0 Å². The molecule has 0 radical (unpaired) electrons. The van der Waals surface area contributed by atoms with Gasteiger partial charge in [0.1, 0.15) is 11.9 Å². The SMILES string of the molecule is Cc1ccc(S(=O)(=O)NC[C@H](C)Oc2cccc(CN(C)Cc3ccsc3)c2)cc1. The standard InChI is InChI=1S/C23H28N2O3S2/c1-18-7-9-23(10-8-18)30(26,27)24-14-19(2)28-22-6-4-5-20(13-22)15-25(3)16-21-11-12-29-17-21/h4-13,17,19,24H,14-16H2,1-3H3/t19-/m0/s1. The van der Waals surface area contributed by atoms with Crippen LogP contribution in [0.25, 0.3) is 0 Å². The third-order valence-corrected chi connectivity index (χ3v) is 6.78. The first-order valence-electron chi connectivity index (χ1n) is 9.83. The molecule has 1 atom stereocenters. The van der Waals surface area contributed by atoms with Crippen molar-refractivity contribution in [2.45, 2.75) is 37.9 Å². The zero-order valence-electron chi connectivity index (χ0n) is 17.5. The van der Waals surface area contributed by atoms with Crippen LogP contribution in [-0.2, 0) is 23.1 Å². The van der Waals surface area contributed by atoms with Gasteiger partial charge in [-0.15, -0.1) is 0 Å². The van der Waals surface area contributed by atoms with E-state index in [1.54, 1.807) is 35.6 Å². The average molecular weight is 445 g/mol. The highest BCUT2D eigenvalue weighted by atomic mass is 32.2. The van der Waals surface area contributed by atoms with Crippen LogP contribution in [0.3, 0.4) is 0 Å². The fourth-order valence-corrected chi connectivity index (χ4v) is 4.86. The largest absolute Gasteiger partial charge is 0.489 e. The van der Waals surface area contributed by atoms with E-state index in [0.29, 0.717) is 0 Å². The average Bonchev–Trinajstić information content (AvgIpc) is 3.20. The molecule has 0 aliphatic heterocycles. The molecule has 1 heterocycles. The highest BCUT2D eigenvalue weighted by molar-refractivity contribution is 7.89. The third-order valence-electron chi connectivity index (χ3n) is 4.61. The number of thiophene rings is 1. The Kier molecular flexibility index (Phi) is 7.66. The van der Waals surface area contributed by atoms with Gasteiger partial charge in [0.2, 0.25) is 10.0 Å². The topological polar surface area (TPSA) is 58.6 Å². The summed E-state index contributed by atoms with van der Waals surface area (Å²) in [6, 6.07) is 16.9. The molecule has 1 aromatic heterocycles. The summed E-state index contributed by atoms with van der Waals surface area (Å²) in [5, 5.41) is 4.25. The molecule has 0 saturated heterocycles. The first-order valence-corrected chi connectivity index (χ1v) is 12.3. The summed E-state index contributed by atoms with van der Waals surface area (Å²) in [5.74, 6) is 0.735. The molecule has 3 rings (SSSR count). The van der Waals surface area contributed by atoms with Crippen molar-refractivity contribution >= 4 is 21.4 Å². The van der Waals surface area contributed by atoms with Gasteiger partial charge in [0.05, 0.1) is 4.90 Å². The van der Waals surface area contributed by atoms with Crippen molar-refractivity contribution in [1.29, 1.82) is 0 Å². The van der Waals surface area contributed by atoms with Crippen molar-refractivity contribution in [2.75, 3.05) is 13.6 Å². The van der Waals surface area contributed by atoms with E-state index in [4.69, 9.17) is 4.74 Å². The van der Waals surface area contributed by atoms with Crippen LogP contribution < -0.4 is 9.46 Å². The van der Waals surface area contributed by atoms with Crippen LogP contribution >= 0.6 is 11.3 Å². The highest BCUT2D eigenvalue weighted by Gasteiger charge is 2.15. The second-order valence-electron chi connectivity index (χ2n) is 7.54. The fraction of sp³-hybridized carbons (Fsp3) is 0.304. The van der Waals surface area contributed by atoms with E-state index < -0.39 is 10.0 Å². The maximum Gasteiger partial charge on any atom is 0.240 e. The van der Waals surface area contributed by atoms with Gasteiger partial charge >= 0.3 is 0 Å². The van der Waals surface area contributed by atoms with E-state index in [-0.39, 0.29) is 17.5 Å². The van der Waals surface area contributed by atoms with Gasteiger partial charge in [-0.25, -0.2) is 13.1 Å². The minimum absolute atomic E-state index is 0.193. The lowest BCUT2D eigenvalue weighted by Crippen LogP contribution is -2.33. The Bertz CT molecular complexity index is 1030. The summed E-state index contributed by atoms with van der Waals surface area (Å²) in [7, 11) is -1.46.